The molecule has 0 fully saturated rings. The van der Waals surface area contributed by atoms with Gasteiger partial charge in [0.2, 0.25) is 0 Å². The second-order valence-corrected chi connectivity index (χ2v) is 3.81. The Balaban J connectivity index is 2.55. The predicted octanol–water partition coefficient (Wildman–Crippen LogP) is 2.75. The molecule has 2 N–H and O–H groups in total. The van der Waals surface area contributed by atoms with Gasteiger partial charge in [0, 0.05) is 0 Å². The van der Waals surface area contributed by atoms with Gasteiger partial charge >= 0.3 is 0 Å². The van der Waals surface area contributed by atoms with Crippen LogP contribution in [0.2, 0.25) is 0 Å². The average molecular weight is 173 g/mol. The molecule has 0 saturated carbocycles. The molecule has 2 rings (SSSR count). The van der Waals surface area contributed by atoms with E-state index < -0.39 is 0 Å². The number of allylic oxidation sites excluding steroid dienone is 1. The van der Waals surface area contributed by atoms with E-state index in [1.165, 1.54) is 16.7 Å². The molecular formula is C12H15N. The van der Waals surface area contributed by atoms with E-state index in [1.807, 2.05) is 0 Å². The van der Waals surface area contributed by atoms with Crippen molar-refractivity contribution in [3.63, 3.8) is 0 Å². The lowest BCUT2D eigenvalue weighted by Gasteiger charge is -2.25. The van der Waals surface area contributed by atoms with E-state index in [0.717, 1.165) is 0 Å². The Bertz CT molecular complexity index is 352. The van der Waals surface area contributed by atoms with Gasteiger partial charge in [0.1, 0.15) is 0 Å². The van der Waals surface area contributed by atoms with Crippen LogP contribution >= 0.6 is 0 Å². The SMILES string of the molecule is CC1=CC(C)c2ccccc2C1N. The van der Waals surface area contributed by atoms with Gasteiger partial charge in [0.15, 0.2) is 0 Å². The van der Waals surface area contributed by atoms with Gasteiger partial charge in [-0.05, 0) is 24.0 Å². The molecule has 1 heteroatoms. The van der Waals surface area contributed by atoms with Crippen molar-refractivity contribution in [2.24, 2.45) is 5.73 Å². The summed E-state index contributed by atoms with van der Waals surface area (Å²) in [6.07, 6.45) is 2.26. The second-order valence-electron chi connectivity index (χ2n) is 3.81. The van der Waals surface area contributed by atoms with E-state index in [-0.39, 0.29) is 6.04 Å². The lowest BCUT2D eigenvalue weighted by atomic mass is 9.83. The van der Waals surface area contributed by atoms with Gasteiger partial charge in [-0.3, -0.25) is 0 Å². The van der Waals surface area contributed by atoms with E-state index >= 15 is 0 Å². The minimum absolute atomic E-state index is 0.104. The summed E-state index contributed by atoms with van der Waals surface area (Å²) in [5.41, 5.74) is 10.0. The van der Waals surface area contributed by atoms with Crippen molar-refractivity contribution in [2.45, 2.75) is 25.8 Å². The van der Waals surface area contributed by atoms with Crippen molar-refractivity contribution in [2.75, 3.05) is 0 Å². The maximum Gasteiger partial charge on any atom is 0.0511 e. The fourth-order valence-electron chi connectivity index (χ4n) is 2.04. The van der Waals surface area contributed by atoms with E-state index in [0.29, 0.717) is 5.92 Å². The third-order valence-electron chi connectivity index (χ3n) is 2.83. The fourth-order valence-corrected chi connectivity index (χ4v) is 2.04. The van der Waals surface area contributed by atoms with Crippen LogP contribution < -0.4 is 5.73 Å². The summed E-state index contributed by atoms with van der Waals surface area (Å²) in [4.78, 5) is 0. The molecule has 0 amide bonds. The Morgan fingerprint density at radius 1 is 1.15 bits per heavy atom. The van der Waals surface area contributed by atoms with Crippen LogP contribution in [0.3, 0.4) is 0 Å². The molecule has 0 bridgehead atoms. The first-order valence-corrected chi connectivity index (χ1v) is 4.73. The van der Waals surface area contributed by atoms with Crippen molar-refractivity contribution < 1.29 is 0 Å². The Kier molecular flexibility index (Phi) is 1.97. The molecule has 0 aliphatic heterocycles. The second kappa shape index (κ2) is 3.00. The molecule has 0 spiro atoms. The Morgan fingerprint density at radius 2 is 1.77 bits per heavy atom. The number of hydrogen-bond acceptors (Lipinski definition) is 1. The molecule has 1 aromatic rings. The third kappa shape index (κ3) is 1.29. The van der Waals surface area contributed by atoms with Crippen molar-refractivity contribution in [3.05, 3.63) is 47.0 Å². The number of fused-ring (bicyclic) bond motifs is 1. The summed E-state index contributed by atoms with van der Waals surface area (Å²) in [7, 11) is 0. The number of hydrogen-bond donors (Lipinski definition) is 1. The van der Waals surface area contributed by atoms with Crippen LogP contribution in [0.1, 0.15) is 36.9 Å². The van der Waals surface area contributed by atoms with E-state index in [9.17, 15) is 0 Å². The summed E-state index contributed by atoms with van der Waals surface area (Å²) in [5, 5.41) is 0. The zero-order chi connectivity index (χ0) is 9.42. The molecule has 1 aromatic carbocycles. The largest absolute Gasteiger partial charge is 0.321 e. The van der Waals surface area contributed by atoms with Crippen LogP contribution in [0, 0.1) is 0 Å². The van der Waals surface area contributed by atoms with Gasteiger partial charge < -0.3 is 5.73 Å². The van der Waals surface area contributed by atoms with Crippen LogP contribution in [-0.2, 0) is 0 Å². The molecule has 68 valence electrons. The minimum Gasteiger partial charge on any atom is -0.321 e. The van der Waals surface area contributed by atoms with E-state index in [2.05, 4.69) is 44.2 Å². The first kappa shape index (κ1) is 8.52. The summed E-state index contributed by atoms with van der Waals surface area (Å²) in [5.74, 6) is 0.510. The standard InChI is InChI=1S/C12H15N/c1-8-7-9(2)12(13)11-6-4-3-5-10(8)11/h3-8,12H,13H2,1-2H3. The monoisotopic (exact) mass is 173 g/mol. The van der Waals surface area contributed by atoms with Crippen LogP contribution in [0.4, 0.5) is 0 Å². The van der Waals surface area contributed by atoms with Crippen LogP contribution in [0.15, 0.2) is 35.9 Å². The van der Waals surface area contributed by atoms with Gasteiger partial charge in [-0.25, -0.2) is 0 Å². The molecule has 1 nitrogen and oxygen atoms in total. The molecule has 1 aliphatic carbocycles. The molecular weight excluding hydrogens is 158 g/mol. The van der Waals surface area contributed by atoms with Crippen molar-refractivity contribution >= 4 is 0 Å². The predicted molar refractivity (Wildman–Crippen MR) is 55.5 cm³/mol. The molecule has 13 heavy (non-hydrogen) atoms. The molecule has 0 aromatic heterocycles. The van der Waals surface area contributed by atoms with Gasteiger partial charge in [-0.15, -0.1) is 0 Å². The summed E-state index contributed by atoms with van der Waals surface area (Å²) < 4.78 is 0. The number of nitrogens with two attached hydrogens (primary N) is 1. The Labute approximate surface area is 79.3 Å². The maximum absolute atomic E-state index is 6.08. The van der Waals surface area contributed by atoms with Crippen LogP contribution in [0.25, 0.3) is 0 Å². The van der Waals surface area contributed by atoms with Crippen LogP contribution in [0.5, 0.6) is 0 Å². The number of benzene rings is 1. The van der Waals surface area contributed by atoms with Gasteiger partial charge in [-0.1, -0.05) is 42.8 Å². The Hall–Kier alpha value is -1.08. The van der Waals surface area contributed by atoms with Crippen molar-refractivity contribution in [1.29, 1.82) is 0 Å². The topological polar surface area (TPSA) is 26.0 Å². The Morgan fingerprint density at radius 3 is 2.46 bits per heavy atom. The molecule has 0 heterocycles. The van der Waals surface area contributed by atoms with Crippen LogP contribution in [-0.4, -0.2) is 0 Å². The fraction of sp³-hybridized carbons (Fsp3) is 0.333. The highest BCUT2D eigenvalue weighted by atomic mass is 14.6. The first-order chi connectivity index (χ1) is 6.20. The van der Waals surface area contributed by atoms with E-state index in [1.54, 1.807) is 0 Å². The van der Waals surface area contributed by atoms with Crippen molar-refractivity contribution in [1.82, 2.24) is 0 Å². The number of rotatable bonds is 0. The summed E-state index contributed by atoms with van der Waals surface area (Å²) in [6.45, 7) is 4.32. The minimum atomic E-state index is 0.104. The molecule has 2 unspecified atom stereocenters. The summed E-state index contributed by atoms with van der Waals surface area (Å²) >= 11 is 0. The maximum atomic E-state index is 6.08. The highest BCUT2D eigenvalue weighted by molar-refractivity contribution is 5.43. The molecule has 2 atom stereocenters. The quantitative estimate of drug-likeness (QED) is 0.600. The van der Waals surface area contributed by atoms with Crippen molar-refractivity contribution in [3.8, 4) is 0 Å². The van der Waals surface area contributed by atoms with Gasteiger partial charge in [0.25, 0.3) is 0 Å². The van der Waals surface area contributed by atoms with Gasteiger partial charge in [0.05, 0.1) is 6.04 Å². The average Bonchev–Trinajstić information content (AvgIpc) is 2.15. The smallest absolute Gasteiger partial charge is 0.0511 e. The molecule has 0 saturated heterocycles. The highest BCUT2D eigenvalue weighted by Crippen LogP contribution is 2.34. The van der Waals surface area contributed by atoms with Gasteiger partial charge in [-0.2, -0.15) is 0 Å². The first-order valence-electron chi connectivity index (χ1n) is 4.73. The highest BCUT2D eigenvalue weighted by Gasteiger charge is 2.20. The lowest BCUT2D eigenvalue weighted by Crippen LogP contribution is -2.18. The zero-order valence-corrected chi connectivity index (χ0v) is 8.12. The summed E-state index contributed by atoms with van der Waals surface area (Å²) in [6, 6.07) is 8.54. The third-order valence-corrected chi connectivity index (χ3v) is 2.83. The lowest BCUT2D eigenvalue weighted by molar-refractivity contribution is 0.759. The molecule has 0 radical (unpaired) electrons. The zero-order valence-electron chi connectivity index (χ0n) is 8.12. The normalized spacial score (nSPS) is 26.5. The van der Waals surface area contributed by atoms with E-state index in [4.69, 9.17) is 5.73 Å². The molecule has 1 aliphatic rings.